The van der Waals surface area contributed by atoms with Crippen molar-refractivity contribution in [1.82, 2.24) is 4.90 Å². The molecule has 3 heteroatoms. The Kier molecular flexibility index (Phi) is 4.18. The van der Waals surface area contributed by atoms with Crippen LogP contribution in [-0.2, 0) is 9.59 Å². The number of carbonyl (C=O) groups excluding carboxylic acids is 2. The summed E-state index contributed by atoms with van der Waals surface area (Å²) < 4.78 is 0. The second-order valence-electron chi connectivity index (χ2n) is 2.44. The summed E-state index contributed by atoms with van der Waals surface area (Å²) in [5.74, 6) is -0.266. The number of carbonyl (C=O) groups is 2. The van der Waals surface area contributed by atoms with E-state index in [9.17, 15) is 9.59 Å². The van der Waals surface area contributed by atoms with Gasteiger partial charge in [-0.15, -0.1) is 0 Å². The summed E-state index contributed by atoms with van der Waals surface area (Å²) in [7, 11) is 0. The smallest absolute Gasteiger partial charge is 0.252 e. The molecule has 0 bridgehead atoms. The fraction of sp³-hybridized carbons (Fsp3) is 0.500. The highest BCUT2D eigenvalue weighted by atomic mass is 16.2. The second kappa shape index (κ2) is 4.66. The predicted molar refractivity (Wildman–Crippen MR) is 42.9 cm³/mol. The fourth-order valence-corrected chi connectivity index (χ4v) is 0.657. The summed E-state index contributed by atoms with van der Waals surface area (Å²) in [5.41, 5.74) is 0. The molecular formula is C8H13NO2. The van der Waals surface area contributed by atoms with Crippen LogP contribution >= 0.6 is 0 Å². The van der Waals surface area contributed by atoms with E-state index < -0.39 is 0 Å². The lowest BCUT2D eigenvalue weighted by molar-refractivity contribution is -0.136. The number of rotatable bonds is 3. The first-order valence-corrected chi connectivity index (χ1v) is 3.53. The molecular weight excluding hydrogens is 142 g/mol. The molecule has 0 aromatic rings. The van der Waals surface area contributed by atoms with Gasteiger partial charge in [-0.3, -0.25) is 14.5 Å². The van der Waals surface area contributed by atoms with Crippen molar-refractivity contribution in [2.45, 2.75) is 26.8 Å². The molecule has 62 valence electrons. The monoisotopic (exact) mass is 155 g/mol. The predicted octanol–water partition coefficient (Wildman–Crippen LogP) is 0.956. The first-order valence-electron chi connectivity index (χ1n) is 3.53. The Labute approximate surface area is 66.7 Å². The van der Waals surface area contributed by atoms with Crippen LogP contribution in [0, 0.1) is 0 Å². The fourth-order valence-electron chi connectivity index (χ4n) is 0.657. The lowest BCUT2D eigenvalue weighted by Gasteiger charge is -2.16. The van der Waals surface area contributed by atoms with Crippen molar-refractivity contribution in [1.29, 1.82) is 0 Å². The summed E-state index contributed by atoms with van der Waals surface area (Å²) in [6, 6.07) is -0.0730. The maximum atomic E-state index is 11.0. The van der Waals surface area contributed by atoms with Crippen LogP contribution in [0.4, 0.5) is 0 Å². The number of allylic oxidation sites excluding steroid dienone is 1. The van der Waals surface area contributed by atoms with Crippen molar-refractivity contribution >= 4 is 12.3 Å². The third-order valence-electron chi connectivity index (χ3n) is 1.23. The SMILES string of the molecule is C/C=C\C(=O)N(C=O)C(C)C. The summed E-state index contributed by atoms with van der Waals surface area (Å²) >= 11 is 0. The average molecular weight is 155 g/mol. The van der Waals surface area contributed by atoms with E-state index in [1.165, 1.54) is 6.08 Å². The third kappa shape index (κ3) is 2.98. The molecule has 3 nitrogen and oxygen atoms in total. The summed E-state index contributed by atoms with van der Waals surface area (Å²) in [6.45, 7) is 5.31. The number of imide groups is 1. The molecule has 0 atom stereocenters. The molecule has 0 aromatic heterocycles. The standard InChI is InChI=1S/C8H13NO2/c1-4-5-8(11)9(6-10)7(2)3/h4-7H,1-3H3/b5-4-. The largest absolute Gasteiger partial charge is 0.279 e. The van der Waals surface area contributed by atoms with Crippen LogP contribution < -0.4 is 0 Å². The van der Waals surface area contributed by atoms with Crippen molar-refractivity contribution < 1.29 is 9.59 Å². The van der Waals surface area contributed by atoms with Crippen LogP contribution in [-0.4, -0.2) is 23.3 Å². The maximum Gasteiger partial charge on any atom is 0.252 e. The van der Waals surface area contributed by atoms with Gasteiger partial charge in [0.2, 0.25) is 6.41 Å². The molecule has 0 aliphatic carbocycles. The zero-order valence-electron chi connectivity index (χ0n) is 7.07. The quantitative estimate of drug-likeness (QED) is 0.449. The Balaban J connectivity index is 4.26. The molecule has 0 aliphatic rings. The Morgan fingerprint density at radius 2 is 2.00 bits per heavy atom. The zero-order chi connectivity index (χ0) is 8.85. The van der Waals surface area contributed by atoms with Crippen molar-refractivity contribution in [3.8, 4) is 0 Å². The number of nitrogens with zero attached hydrogens (tertiary/aromatic N) is 1. The average Bonchev–Trinajstić information content (AvgIpc) is 1.88. The molecule has 0 N–H and O–H groups in total. The number of hydrogen-bond donors (Lipinski definition) is 0. The van der Waals surface area contributed by atoms with Gasteiger partial charge in [-0.2, -0.15) is 0 Å². The highest BCUT2D eigenvalue weighted by Gasteiger charge is 2.11. The van der Waals surface area contributed by atoms with Gasteiger partial charge in [0.1, 0.15) is 0 Å². The van der Waals surface area contributed by atoms with E-state index in [0.717, 1.165) is 4.90 Å². The van der Waals surface area contributed by atoms with Gasteiger partial charge in [-0.05, 0) is 26.8 Å². The van der Waals surface area contributed by atoms with E-state index in [1.54, 1.807) is 26.8 Å². The molecule has 0 aliphatic heterocycles. The molecule has 0 saturated heterocycles. The van der Waals surface area contributed by atoms with Crippen molar-refractivity contribution in [2.75, 3.05) is 0 Å². The Morgan fingerprint density at radius 3 is 2.27 bits per heavy atom. The minimum atomic E-state index is -0.266. The number of amides is 2. The van der Waals surface area contributed by atoms with E-state index in [4.69, 9.17) is 0 Å². The Hall–Kier alpha value is -1.12. The molecule has 0 heterocycles. The topological polar surface area (TPSA) is 37.4 Å². The molecule has 0 unspecified atom stereocenters. The van der Waals surface area contributed by atoms with Gasteiger partial charge in [0, 0.05) is 6.04 Å². The third-order valence-corrected chi connectivity index (χ3v) is 1.23. The maximum absolute atomic E-state index is 11.0. The molecule has 0 rings (SSSR count). The van der Waals surface area contributed by atoms with Crippen LogP contribution in [0.3, 0.4) is 0 Å². The van der Waals surface area contributed by atoms with Gasteiger partial charge in [-0.25, -0.2) is 0 Å². The summed E-state index contributed by atoms with van der Waals surface area (Å²) in [6.07, 6.45) is 3.53. The highest BCUT2D eigenvalue weighted by Crippen LogP contribution is 1.95. The van der Waals surface area contributed by atoms with Gasteiger partial charge in [-0.1, -0.05) is 6.08 Å². The van der Waals surface area contributed by atoms with Gasteiger partial charge < -0.3 is 0 Å². The molecule has 0 saturated carbocycles. The molecule has 0 radical (unpaired) electrons. The van der Waals surface area contributed by atoms with Crippen LogP contribution in [0.25, 0.3) is 0 Å². The first-order chi connectivity index (χ1) is 5.13. The van der Waals surface area contributed by atoms with E-state index >= 15 is 0 Å². The second-order valence-corrected chi connectivity index (χ2v) is 2.44. The first kappa shape index (κ1) is 9.88. The van der Waals surface area contributed by atoms with Gasteiger partial charge in [0.25, 0.3) is 5.91 Å². The summed E-state index contributed by atoms with van der Waals surface area (Å²) in [4.78, 5) is 22.5. The minimum Gasteiger partial charge on any atom is -0.279 e. The Morgan fingerprint density at radius 1 is 1.45 bits per heavy atom. The van der Waals surface area contributed by atoms with Crippen LogP contribution in [0.5, 0.6) is 0 Å². The van der Waals surface area contributed by atoms with E-state index in [0.29, 0.717) is 6.41 Å². The normalized spacial score (nSPS) is 10.5. The lowest BCUT2D eigenvalue weighted by Crippen LogP contribution is -2.34. The summed E-state index contributed by atoms with van der Waals surface area (Å²) in [5, 5.41) is 0. The van der Waals surface area contributed by atoms with Gasteiger partial charge in [0.05, 0.1) is 0 Å². The van der Waals surface area contributed by atoms with Crippen LogP contribution in [0.15, 0.2) is 12.2 Å². The molecule has 0 fully saturated rings. The minimum absolute atomic E-state index is 0.0730. The van der Waals surface area contributed by atoms with E-state index in [1.807, 2.05) is 0 Å². The van der Waals surface area contributed by atoms with Gasteiger partial charge >= 0.3 is 0 Å². The Bertz CT molecular complexity index is 173. The number of hydrogen-bond acceptors (Lipinski definition) is 2. The zero-order valence-corrected chi connectivity index (χ0v) is 7.07. The van der Waals surface area contributed by atoms with Crippen molar-refractivity contribution in [3.05, 3.63) is 12.2 Å². The van der Waals surface area contributed by atoms with Gasteiger partial charge in [0.15, 0.2) is 0 Å². The van der Waals surface area contributed by atoms with Crippen molar-refractivity contribution in [3.63, 3.8) is 0 Å². The molecule has 2 amide bonds. The molecule has 0 aromatic carbocycles. The molecule has 11 heavy (non-hydrogen) atoms. The van der Waals surface area contributed by atoms with E-state index in [2.05, 4.69) is 0 Å². The van der Waals surface area contributed by atoms with Crippen molar-refractivity contribution in [2.24, 2.45) is 0 Å². The lowest BCUT2D eigenvalue weighted by atomic mass is 10.3. The van der Waals surface area contributed by atoms with E-state index in [-0.39, 0.29) is 11.9 Å². The highest BCUT2D eigenvalue weighted by molar-refractivity contribution is 5.94. The van der Waals surface area contributed by atoms with Crippen LogP contribution in [0.1, 0.15) is 20.8 Å². The van der Waals surface area contributed by atoms with Crippen LogP contribution in [0.2, 0.25) is 0 Å². The molecule has 0 spiro atoms.